The van der Waals surface area contributed by atoms with Crippen LogP contribution in [0.5, 0.6) is 5.75 Å². The molecule has 3 heterocycles. The number of anilines is 1. The van der Waals surface area contributed by atoms with Gasteiger partial charge in [-0.15, -0.1) is 0 Å². The largest absolute Gasteiger partial charge is 0.495 e. The van der Waals surface area contributed by atoms with E-state index in [4.69, 9.17) is 9.47 Å². The lowest BCUT2D eigenvalue weighted by atomic mass is 10.1. The first-order chi connectivity index (χ1) is 13.4. The summed E-state index contributed by atoms with van der Waals surface area (Å²) in [4.78, 5) is 11.3. The van der Waals surface area contributed by atoms with E-state index in [1.807, 2.05) is 13.8 Å². The zero-order valence-electron chi connectivity index (χ0n) is 16.3. The average Bonchev–Trinajstić information content (AvgIpc) is 3.14. The number of rotatable bonds is 4. The zero-order valence-corrected chi connectivity index (χ0v) is 17.1. The molecule has 0 bridgehead atoms. The molecule has 9 heteroatoms. The Bertz CT molecular complexity index is 1000. The summed E-state index contributed by atoms with van der Waals surface area (Å²) in [5.41, 5.74) is 3.48. The second kappa shape index (κ2) is 7.31. The summed E-state index contributed by atoms with van der Waals surface area (Å²) in [6.45, 7) is 7.09. The van der Waals surface area contributed by atoms with Gasteiger partial charge in [-0.2, -0.15) is 4.31 Å². The summed E-state index contributed by atoms with van der Waals surface area (Å²) in [6, 6.07) is 3.44. The first-order valence-electron chi connectivity index (χ1n) is 9.23. The highest BCUT2D eigenvalue weighted by Crippen LogP contribution is 2.34. The fraction of sp³-hybridized carbons (Fsp3) is 0.474. The molecule has 0 atom stereocenters. The molecular weight excluding hydrogens is 380 g/mol. The molecule has 0 unspecified atom stereocenters. The molecule has 8 nitrogen and oxygen atoms in total. The number of fused-ring (bicyclic) bond motifs is 1. The minimum atomic E-state index is -3.72. The van der Waals surface area contributed by atoms with E-state index in [-0.39, 0.29) is 18.0 Å². The summed E-state index contributed by atoms with van der Waals surface area (Å²) in [5.74, 6) is 0.990. The molecule has 0 saturated carbocycles. The van der Waals surface area contributed by atoms with E-state index in [0.717, 1.165) is 35.5 Å². The van der Waals surface area contributed by atoms with Gasteiger partial charge in [-0.3, -0.25) is 0 Å². The number of sulfonamides is 1. The molecule has 150 valence electrons. The van der Waals surface area contributed by atoms with Gasteiger partial charge in [-0.1, -0.05) is 0 Å². The minimum Gasteiger partial charge on any atom is -0.495 e. The van der Waals surface area contributed by atoms with Gasteiger partial charge >= 0.3 is 0 Å². The molecule has 1 aromatic carbocycles. The number of benzene rings is 1. The lowest BCUT2D eigenvalue weighted by Gasteiger charge is -2.26. The Hall–Kier alpha value is -2.23. The highest BCUT2D eigenvalue weighted by Gasteiger charge is 2.34. The number of hydrogen-bond acceptors (Lipinski definition) is 7. The van der Waals surface area contributed by atoms with Gasteiger partial charge in [0.25, 0.3) is 0 Å². The molecule has 0 radical (unpaired) electrons. The van der Waals surface area contributed by atoms with E-state index in [9.17, 15) is 8.42 Å². The molecule has 2 aliphatic heterocycles. The molecule has 2 aliphatic rings. The van der Waals surface area contributed by atoms with E-state index in [2.05, 4.69) is 14.9 Å². The van der Waals surface area contributed by atoms with Gasteiger partial charge in [0.2, 0.25) is 16.0 Å². The molecule has 0 aliphatic carbocycles. The molecule has 2 aromatic rings. The summed E-state index contributed by atoms with van der Waals surface area (Å²) in [5, 5.41) is 0. The number of nitrogens with zero attached hydrogens (tertiary/aromatic N) is 4. The second-order valence-corrected chi connectivity index (χ2v) is 9.01. The highest BCUT2D eigenvalue weighted by atomic mass is 32.2. The van der Waals surface area contributed by atoms with E-state index >= 15 is 0 Å². The third kappa shape index (κ3) is 3.34. The van der Waals surface area contributed by atoms with Crippen LogP contribution >= 0.6 is 0 Å². The molecule has 28 heavy (non-hydrogen) atoms. The monoisotopic (exact) mass is 404 g/mol. The summed E-state index contributed by atoms with van der Waals surface area (Å²) in [6.07, 6.45) is 1.74. The maximum atomic E-state index is 13.3. The van der Waals surface area contributed by atoms with Crippen LogP contribution < -0.4 is 9.64 Å². The van der Waals surface area contributed by atoms with Crippen LogP contribution in [-0.4, -0.2) is 56.1 Å². The Labute approximate surface area is 165 Å². The standard InChI is InChI=1S/C19H24N4O4S/c1-13-8-17(26-3)18(9-14(13)2)28(24,25)23-11-15-10-20-19(21-16(15)12-23)22-4-6-27-7-5-22/h8-10H,4-7,11-12H2,1-3H3. The normalized spacial score (nSPS) is 17.6. The van der Waals surface area contributed by atoms with Crippen LogP contribution in [0.3, 0.4) is 0 Å². The minimum absolute atomic E-state index is 0.187. The quantitative estimate of drug-likeness (QED) is 0.766. The van der Waals surface area contributed by atoms with Crippen LogP contribution in [0, 0.1) is 13.8 Å². The number of aromatic nitrogens is 2. The van der Waals surface area contributed by atoms with Crippen molar-refractivity contribution >= 4 is 16.0 Å². The summed E-state index contributed by atoms with van der Waals surface area (Å²) in [7, 11) is -2.23. The average molecular weight is 404 g/mol. The number of aryl methyl sites for hydroxylation is 2. The Morgan fingerprint density at radius 3 is 2.54 bits per heavy atom. The summed E-state index contributed by atoms with van der Waals surface area (Å²) < 4.78 is 38.8. The molecule has 0 spiro atoms. The second-order valence-electron chi connectivity index (χ2n) is 7.10. The van der Waals surface area contributed by atoms with Gasteiger partial charge < -0.3 is 14.4 Å². The van der Waals surface area contributed by atoms with E-state index in [0.29, 0.717) is 24.9 Å². The topological polar surface area (TPSA) is 84.9 Å². The van der Waals surface area contributed by atoms with E-state index < -0.39 is 10.0 Å². The number of ether oxygens (including phenoxy) is 2. The third-order valence-electron chi connectivity index (χ3n) is 5.31. The predicted molar refractivity (Wildman–Crippen MR) is 104 cm³/mol. The first kappa shape index (κ1) is 19.1. The molecule has 1 saturated heterocycles. The Morgan fingerprint density at radius 1 is 1.11 bits per heavy atom. The lowest BCUT2D eigenvalue weighted by Crippen LogP contribution is -2.37. The van der Waals surface area contributed by atoms with Gasteiger partial charge in [-0.25, -0.2) is 18.4 Å². The molecule has 0 amide bonds. The van der Waals surface area contributed by atoms with Crippen molar-refractivity contribution in [3.63, 3.8) is 0 Å². The molecule has 4 rings (SSSR count). The molecule has 1 aromatic heterocycles. The van der Waals surface area contributed by atoms with Crippen molar-refractivity contribution in [2.75, 3.05) is 38.3 Å². The van der Waals surface area contributed by atoms with Gasteiger partial charge in [0.15, 0.2) is 0 Å². The van der Waals surface area contributed by atoms with Crippen LogP contribution in [0.2, 0.25) is 0 Å². The van der Waals surface area contributed by atoms with Gasteiger partial charge in [0.05, 0.1) is 32.6 Å². The van der Waals surface area contributed by atoms with Crippen LogP contribution in [0.25, 0.3) is 0 Å². The molecule has 0 N–H and O–H groups in total. The Balaban J connectivity index is 1.63. The molecular formula is C19H24N4O4S. The van der Waals surface area contributed by atoms with Gasteiger partial charge in [-0.05, 0) is 37.1 Å². The van der Waals surface area contributed by atoms with E-state index in [1.165, 1.54) is 11.4 Å². The van der Waals surface area contributed by atoms with Crippen LogP contribution in [0.4, 0.5) is 5.95 Å². The van der Waals surface area contributed by atoms with Crippen molar-refractivity contribution in [3.8, 4) is 5.75 Å². The van der Waals surface area contributed by atoms with E-state index in [1.54, 1.807) is 18.3 Å². The maximum Gasteiger partial charge on any atom is 0.247 e. The van der Waals surface area contributed by atoms with Crippen molar-refractivity contribution in [2.24, 2.45) is 0 Å². The van der Waals surface area contributed by atoms with Gasteiger partial charge in [0.1, 0.15) is 10.6 Å². The number of hydrogen-bond donors (Lipinski definition) is 0. The third-order valence-corrected chi connectivity index (χ3v) is 7.12. The first-order valence-corrected chi connectivity index (χ1v) is 10.7. The SMILES string of the molecule is COc1cc(C)c(C)cc1S(=O)(=O)N1Cc2cnc(N3CCOCC3)nc2C1. The highest BCUT2D eigenvalue weighted by molar-refractivity contribution is 7.89. The van der Waals surface area contributed by atoms with Crippen molar-refractivity contribution in [1.29, 1.82) is 0 Å². The Morgan fingerprint density at radius 2 is 1.82 bits per heavy atom. The van der Waals surface area contributed by atoms with Crippen LogP contribution in [0.1, 0.15) is 22.4 Å². The Kier molecular flexibility index (Phi) is 4.98. The number of morpholine rings is 1. The number of methoxy groups -OCH3 is 1. The van der Waals surface area contributed by atoms with Crippen molar-refractivity contribution in [1.82, 2.24) is 14.3 Å². The fourth-order valence-corrected chi connectivity index (χ4v) is 5.06. The van der Waals surface area contributed by atoms with Crippen LogP contribution in [-0.2, 0) is 27.8 Å². The van der Waals surface area contributed by atoms with Crippen molar-refractivity contribution in [2.45, 2.75) is 31.8 Å². The van der Waals surface area contributed by atoms with Crippen LogP contribution in [0.15, 0.2) is 23.2 Å². The summed E-state index contributed by atoms with van der Waals surface area (Å²) >= 11 is 0. The smallest absolute Gasteiger partial charge is 0.247 e. The predicted octanol–water partition coefficient (Wildman–Crippen LogP) is 1.64. The lowest BCUT2D eigenvalue weighted by molar-refractivity contribution is 0.122. The fourth-order valence-electron chi connectivity index (χ4n) is 3.46. The van der Waals surface area contributed by atoms with Gasteiger partial charge in [0, 0.05) is 31.4 Å². The van der Waals surface area contributed by atoms with Crippen molar-refractivity contribution < 1.29 is 17.9 Å². The molecule has 1 fully saturated rings. The van der Waals surface area contributed by atoms with Crippen molar-refractivity contribution in [3.05, 3.63) is 40.7 Å². The zero-order chi connectivity index (χ0) is 19.9. The maximum absolute atomic E-state index is 13.3.